The molecule has 1 aliphatic carbocycles. The summed E-state index contributed by atoms with van der Waals surface area (Å²) >= 11 is 0. The molecule has 9 rings (SSSR count). The van der Waals surface area contributed by atoms with Crippen molar-refractivity contribution < 1.29 is 27.9 Å². The van der Waals surface area contributed by atoms with E-state index in [-0.39, 0.29) is 42.2 Å². The van der Waals surface area contributed by atoms with Crippen LogP contribution in [-0.2, 0) is 9.59 Å². The van der Waals surface area contributed by atoms with Crippen molar-refractivity contribution in [1.29, 1.82) is 0 Å². The van der Waals surface area contributed by atoms with Gasteiger partial charge in [0.25, 0.3) is 11.8 Å². The highest BCUT2D eigenvalue weighted by Crippen LogP contribution is 2.44. The Morgan fingerprint density at radius 3 is 2.33 bits per heavy atom. The number of alkyl halides is 2. The van der Waals surface area contributed by atoms with Gasteiger partial charge in [-0.15, -0.1) is 0 Å². The van der Waals surface area contributed by atoms with Crippen LogP contribution in [0.3, 0.4) is 0 Å². The van der Waals surface area contributed by atoms with E-state index in [2.05, 4.69) is 40.8 Å². The highest BCUT2D eigenvalue weighted by molar-refractivity contribution is 6.00. The third-order valence-electron chi connectivity index (χ3n) is 13.5. The predicted octanol–water partition coefficient (Wildman–Crippen LogP) is 4.08. The molecule has 0 bridgehead atoms. The molecule has 320 valence electrons. The van der Waals surface area contributed by atoms with Gasteiger partial charge in [0, 0.05) is 88.3 Å². The zero-order valence-electron chi connectivity index (χ0n) is 34.3. The Kier molecular flexibility index (Phi) is 10.9. The van der Waals surface area contributed by atoms with E-state index in [1.807, 2.05) is 5.01 Å². The minimum atomic E-state index is -2.89. The summed E-state index contributed by atoms with van der Waals surface area (Å²) in [6.45, 7) is 4.66. The molecule has 3 N–H and O–H groups in total. The number of ether oxygens (including phenoxy) is 1. The minimum Gasteiger partial charge on any atom is -0.495 e. The summed E-state index contributed by atoms with van der Waals surface area (Å²) < 4.78 is 35.7. The first-order chi connectivity index (χ1) is 28.9. The van der Waals surface area contributed by atoms with E-state index in [0.29, 0.717) is 58.8 Å². The number of imide groups is 1. The topological polar surface area (TPSA) is 164 Å². The Labute approximate surface area is 348 Å². The van der Waals surface area contributed by atoms with Gasteiger partial charge in [-0.25, -0.2) is 28.7 Å². The van der Waals surface area contributed by atoms with Gasteiger partial charge < -0.3 is 24.8 Å². The van der Waals surface area contributed by atoms with Gasteiger partial charge in [0.05, 0.1) is 43.7 Å². The van der Waals surface area contributed by atoms with Gasteiger partial charge in [0.2, 0.25) is 23.7 Å². The molecular formula is C42H54F2N12O4. The van der Waals surface area contributed by atoms with Gasteiger partial charge in [-0.1, -0.05) is 12.8 Å². The molecule has 1 aromatic carbocycles. The zero-order valence-corrected chi connectivity index (χ0v) is 34.3. The van der Waals surface area contributed by atoms with Gasteiger partial charge in [-0.05, 0) is 68.6 Å². The van der Waals surface area contributed by atoms with Crippen LogP contribution >= 0.6 is 0 Å². The maximum absolute atomic E-state index is 15.0. The second-order valence-corrected chi connectivity index (χ2v) is 17.6. The number of aromatic nitrogens is 4. The summed E-state index contributed by atoms with van der Waals surface area (Å²) in [5.41, 5.74) is 5.72. The SMILES string of the molecule is COc1cc(C(=O)NN2CCC(N3CC4(CCN(c5ncc(C6CCC(=O)NC6=O)cn5)CC4)C3)CC2)ccc1Nc1ncc2c(n1)N(C1CCCC1)CC(F)(F)CN2C. The lowest BCUT2D eigenvalue weighted by atomic mass is 9.71. The van der Waals surface area contributed by atoms with Gasteiger partial charge in [-0.2, -0.15) is 4.98 Å². The normalized spacial score (nSPS) is 23.8. The second-order valence-electron chi connectivity index (χ2n) is 17.6. The molecule has 1 spiro atoms. The number of nitrogens with one attached hydrogen (secondary N) is 3. The van der Waals surface area contributed by atoms with Crippen LogP contribution in [0.15, 0.2) is 36.8 Å². The van der Waals surface area contributed by atoms with Crippen molar-refractivity contribution in [2.75, 3.05) is 86.5 Å². The fraction of sp³-hybridized carbons (Fsp3) is 0.595. The van der Waals surface area contributed by atoms with E-state index in [0.717, 1.165) is 96.2 Å². The average Bonchev–Trinajstić information content (AvgIpc) is 3.75. The second kappa shape index (κ2) is 16.3. The highest BCUT2D eigenvalue weighted by atomic mass is 19.3. The molecular weight excluding hydrogens is 775 g/mol. The van der Waals surface area contributed by atoms with Gasteiger partial charge in [-0.3, -0.25) is 30.0 Å². The fourth-order valence-electron chi connectivity index (χ4n) is 10.1. The molecule has 1 unspecified atom stereocenters. The fourth-order valence-corrected chi connectivity index (χ4v) is 10.1. The van der Waals surface area contributed by atoms with Crippen LogP contribution in [0, 0.1) is 5.41 Å². The number of halogens is 2. The number of anilines is 5. The highest BCUT2D eigenvalue weighted by Gasteiger charge is 2.48. The number of carbonyl (C=O) groups is 3. The Balaban J connectivity index is 0.747. The van der Waals surface area contributed by atoms with Gasteiger partial charge >= 0.3 is 0 Å². The van der Waals surface area contributed by atoms with Crippen LogP contribution in [0.5, 0.6) is 5.75 Å². The first-order valence-electron chi connectivity index (χ1n) is 21.3. The van der Waals surface area contributed by atoms with Gasteiger partial charge in [0.1, 0.15) is 5.75 Å². The van der Waals surface area contributed by atoms with Crippen molar-refractivity contribution in [2.24, 2.45) is 5.41 Å². The van der Waals surface area contributed by atoms with E-state index >= 15 is 8.78 Å². The lowest BCUT2D eigenvalue weighted by Crippen LogP contribution is -2.64. The molecule has 4 saturated heterocycles. The molecule has 3 aromatic rings. The number of fused-ring (bicyclic) bond motifs is 1. The van der Waals surface area contributed by atoms with Crippen molar-refractivity contribution >= 4 is 46.8 Å². The van der Waals surface area contributed by atoms with Crippen molar-refractivity contribution in [1.82, 2.24) is 40.6 Å². The monoisotopic (exact) mass is 828 g/mol. The molecule has 16 nitrogen and oxygen atoms in total. The van der Waals surface area contributed by atoms with Gasteiger partial charge in [0.15, 0.2) is 5.82 Å². The summed E-state index contributed by atoms with van der Waals surface area (Å²) in [6, 6.07) is 5.64. The third-order valence-corrected chi connectivity index (χ3v) is 13.5. The summed E-state index contributed by atoms with van der Waals surface area (Å²) in [5.74, 6) is -2.13. The zero-order chi connectivity index (χ0) is 41.6. The van der Waals surface area contributed by atoms with Crippen LogP contribution in [0.4, 0.5) is 37.9 Å². The Morgan fingerprint density at radius 2 is 1.63 bits per heavy atom. The third kappa shape index (κ3) is 8.27. The number of carbonyl (C=O) groups excluding carboxylic acids is 3. The van der Waals surface area contributed by atoms with Crippen LogP contribution in [0.25, 0.3) is 0 Å². The number of methoxy groups -OCH3 is 1. The van der Waals surface area contributed by atoms with Crippen molar-refractivity contribution in [3.8, 4) is 5.75 Å². The Hall–Kier alpha value is -5.23. The van der Waals surface area contributed by atoms with Crippen molar-refractivity contribution in [3.05, 3.63) is 47.9 Å². The molecule has 2 aromatic heterocycles. The number of benzene rings is 1. The first kappa shape index (κ1) is 40.2. The number of piperidine rings is 3. The smallest absolute Gasteiger partial charge is 0.282 e. The number of likely N-dealkylation sites (tertiary alicyclic amines) is 1. The first-order valence-corrected chi connectivity index (χ1v) is 21.3. The molecule has 1 saturated carbocycles. The number of rotatable bonds is 9. The molecule has 7 heterocycles. The molecule has 5 aliphatic heterocycles. The molecule has 60 heavy (non-hydrogen) atoms. The number of hydrogen-bond donors (Lipinski definition) is 3. The molecule has 0 radical (unpaired) electrons. The van der Waals surface area contributed by atoms with Crippen LogP contribution in [0.1, 0.15) is 86.0 Å². The molecule has 5 fully saturated rings. The van der Waals surface area contributed by atoms with E-state index < -0.39 is 12.5 Å². The van der Waals surface area contributed by atoms with Crippen LogP contribution < -0.4 is 35.5 Å². The van der Waals surface area contributed by atoms with E-state index in [1.165, 1.54) is 12.0 Å². The number of hydrazine groups is 1. The summed E-state index contributed by atoms with van der Waals surface area (Å²) in [7, 11) is 3.18. The van der Waals surface area contributed by atoms with E-state index in [1.54, 1.807) is 48.7 Å². The Morgan fingerprint density at radius 1 is 0.900 bits per heavy atom. The number of nitrogens with zero attached hydrogens (tertiary/aromatic N) is 9. The van der Waals surface area contributed by atoms with Crippen molar-refractivity contribution in [3.63, 3.8) is 0 Å². The maximum Gasteiger partial charge on any atom is 0.282 e. The van der Waals surface area contributed by atoms with Crippen LogP contribution in [0.2, 0.25) is 0 Å². The molecule has 6 aliphatic rings. The molecule has 18 heteroatoms. The minimum absolute atomic E-state index is 0.00374. The lowest BCUT2D eigenvalue weighted by Gasteiger charge is -2.57. The number of amides is 3. The lowest BCUT2D eigenvalue weighted by molar-refractivity contribution is -0.134. The van der Waals surface area contributed by atoms with Crippen molar-refractivity contribution in [2.45, 2.75) is 88.1 Å². The maximum atomic E-state index is 15.0. The average molecular weight is 829 g/mol. The van der Waals surface area contributed by atoms with E-state index in [9.17, 15) is 14.4 Å². The van der Waals surface area contributed by atoms with Crippen LogP contribution in [-0.4, -0.2) is 132 Å². The summed E-state index contributed by atoms with van der Waals surface area (Å²) in [4.78, 5) is 63.8. The largest absolute Gasteiger partial charge is 0.495 e. The molecule has 3 amide bonds. The standard InChI is InChI=1S/C42H54F2N12O4/c1-52-25-42(43,44)26-56(30-5-3-4-6-30)36-33(52)22-45-39(50-36)48-32-9-7-27(19-34(32)60-2)37(58)51-55-15-11-29(12-16-55)54-23-41(24-54)13-17-53(18-14-41)40-46-20-28(21-47-40)31-8-10-35(57)49-38(31)59/h7,9,19-22,29-31H,3-6,8,10-18,23-26H2,1-2H3,(H,51,58)(H,45,48,50)(H,49,57,59). The predicted molar refractivity (Wildman–Crippen MR) is 221 cm³/mol. The number of hydrogen-bond acceptors (Lipinski definition) is 14. The summed E-state index contributed by atoms with van der Waals surface area (Å²) in [6.07, 6.45) is 13.7. The Bertz CT molecular complexity index is 2080. The quantitative estimate of drug-likeness (QED) is 0.265. The molecule has 1 atom stereocenters. The summed E-state index contributed by atoms with van der Waals surface area (Å²) in [5, 5.41) is 7.61. The van der Waals surface area contributed by atoms with E-state index in [4.69, 9.17) is 9.72 Å².